The van der Waals surface area contributed by atoms with Crippen LogP contribution in [0.5, 0.6) is 0 Å². The second kappa shape index (κ2) is 7.16. The van der Waals surface area contributed by atoms with Crippen molar-refractivity contribution in [1.82, 2.24) is 14.8 Å². The number of hydrogen-bond donors (Lipinski definition) is 0. The summed E-state index contributed by atoms with van der Waals surface area (Å²) in [7, 11) is 0. The molecule has 0 aliphatic rings. The molecule has 0 aliphatic heterocycles. The van der Waals surface area contributed by atoms with Crippen LogP contribution in [-0.4, -0.2) is 20.7 Å². The van der Waals surface area contributed by atoms with Gasteiger partial charge in [-0.25, -0.2) is 14.5 Å². The molecule has 3 aromatic heterocycles. The van der Waals surface area contributed by atoms with Crippen LogP contribution >= 0.6 is 11.3 Å². The van der Waals surface area contributed by atoms with E-state index in [9.17, 15) is 9.59 Å². The fourth-order valence-corrected chi connectivity index (χ4v) is 3.47. The standard InChI is InChI=1S/C19H15N3O4S/c1-2-22-18(23)14-7-4-3-6-13(14)16(21-22)19(24)26-10-12-11-27-17(20-12)15-8-5-9-25-15/h3-9,11H,2,10H2,1H3. The van der Waals surface area contributed by atoms with Gasteiger partial charge in [0, 0.05) is 17.3 Å². The summed E-state index contributed by atoms with van der Waals surface area (Å²) in [5.41, 5.74) is 0.508. The van der Waals surface area contributed by atoms with Gasteiger partial charge in [0.2, 0.25) is 0 Å². The molecular weight excluding hydrogens is 366 g/mol. The average molecular weight is 381 g/mol. The fraction of sp³-hybridized carbons (Fsp3) is 0.158. The summed E-state index contributed by atoms with van der Waals surface area (Å²) >= 11 is 1.41. The van der Waals surface area contributed by atoms with Gasteiger partial charge >= 0.3 is 5.97 Å². The van der Waals surface area contributed by atoms with Gasteiger partial charge in [-0.3, -0.25) is 4.79 Å². The van der Waals surface area contributed by atoms with Crippen LogP contribution in [0, 0.1) is 0 Å². The fourth-order valence-electron chi connectivity index (χ4n) is 2.69. The van der Waals surface area contributed by atoms with Crippen molar-refractivity contribution in [3.8, 4) is 10.8 Å². The van der Waals surface area contributed by atoms with Crippen LogP contribution in [0.25, 0.3) is 21.5 Å². The zero-order valence-electron chi connectivity index (χ0n) is 14.4. The monoisotopic (exact) mass is 381 g/mol. The summed E-state index contributed by atoms with van der Waals surface area (Å²) in [4.78, 5) is 29.4. The van der Waals surface area contributed by atoms with E-state index in [-0.39, 0.29) is 17.9 Å². The van der Waals surface area contributed by atoms with Gasteiger partial charge in [0.05, 0.1) is 17.3 Å². The predicted octanol–water partition coefficient (Wildman–Crippen LogP) is 3.49. The molecule has 0 amide bonds. The molecule has 4 aromatic rings. The molecule has 0 saturated heterocycles. The van der Waals surface area contributed by atoms with Crippen molar-refractivity contribution in [2.45, 2.75) is 20.1 Å². The number of aromatic nitrogens is 3. The molecule has 0 saturated carbocycles. The van der Waals surface area contributed by atoms with E-state index in [1.807, 2.05) is 11.4 Å². The minimum atomic E-state index is -0.596. The number of fused-ring (bicyclic) bond motifs is 1. The van der Waals surface area contributed by atoms with Crippen LogP contribution in [0.15, 0.2) is 57.3 Å². The number of hydrogen-bond acceptors (Lipinski definition) is 7. The predicted molar refractivity (Wildman–Crippen MR) is 101 cm³/mol. The van der Waals surface area contributed by atoms with Crippen LogP contribution in [-0.2, 0) is 17.9 Å². The topological polar surface area (TPSA) is 87.2 Å². The number of esters is 1. The SMILES string of the molecule is CCn1nc(C(=O)OCc2csc(-c3ccco3)n2)c2ccccc2c1=O. The lowest BCUT2D eigenvalue weighted by molar-refractivity contribution is 0.0461. The largest absolute Gasteiger partial charge is 0.462 e. The first-order valence-corrected chi connectivity index (χ1v) is 9.20. The number of carbonyl (C=O) groups is 1. The molecule has 0 unspecified atom stereocenters. The molecular formula is C19H15N3O4S. The number of furan rings is 1. The van der Waals surface area contributed by atoms with Crippen LogP contribution < -0.4 is 5.56 Å². The Kier molecular flexibility index (Phi) is 4.55. The Morgan fingerprint density at radius 3 is 2.78 bits per heavy atom. The first-order chi connectivity index (χ1) is 13.2. The number of carbonyl (C=O) groups excluding carboxylic acids is 1. The highest BCUT2D eigenvalue weighted by Gasteiger charge is 2.18. The highest BCUT2D eigenvalue weighted by molar-refractivity contribution is 7.13. The van der Waals surface area contributed by atoms with Gasteiger partial charge in [0.25, 0.3) is 5.56 Å². The average Bonchev–Trinajstić information content (AvgIpc) is 3.38. The smallest absolute Gasteiger partial charge is 0.359 e. The summed E-state index contributed by atoms with van der Waals surface area (Å²) in [6.45, 7) is 2.17. The van der Waals surface area contributed by atoms with E-state index < -0.39 is 5.97 Å². The van der Waals surface area contributed by atoms with E-state index in [4.69, 9.17) is 9.15 Å². The highest BCUT2D eigenvalue weighted by atomic mass is 32.1. The summed E-state index contributed by atoms with van der Waals surface area (Å²) in [6, 6.07) is 10.5. The molecule has 0 atom stereocenters. The number of ether oxygens (including phenoxy) is 1. The van der Waals surface area contributed by atoms with Gasteiger partial charge < -0.3 is 9.15 Å². The van der Waals surface area contributed by atoms with Crippen LogP contribution in [0.1, 0.15) is 23.1 Å². The number of nitrogens with zero attached hydrogens (tertiary/aromatic N) is 3. The van der Waals surface area contributed by atoms with Crippen molar-refractivity contribution in [2.24, 2.45) is 0 Å². The van der Waals surface area contributed by atoms with E-state index in [1.165, 1.54) is 16.0 Å². The Labute approximate surface area is 157 Å². The quantitative estimate of drug-likeness (QED) is 0.492. The van der Waals surface area contributed by atoms with Crippen molar-refractivity contribution in [1.29, 1.82) is 0 Å². The molecule has 136 valence electrons. The lowest BCUT2D eigenvalue weighted by Gasteiger charge is -2.09. The van der Waals surface area contributed by atoms with Crippen molar-refractivity contribution in [2.75, 3.05) is 0 Å². The zero-order valence-corrected chi connectivity index (χ0v) is 15.2. The maximum atomic E-state index is 12.6. The normalized spacial score (nSPS) is 11.0. The first kappa shape index (κ1) is 17.2. The molecule has 0 spiro atoms. The first-order valence-electron chi connectivity index (χ1n) is 8.32. The number of rotatable bonds is 5. The van der Waals surface area contributed by atoms with E-state index in [2.05, 4.69) is 10.1 Å². The van der Waals surface area contributed by atoms with Gasteiger partial charge in [0.1, 0.15) is 6.61 Å². The van der Waals surface area contributed by atoms with E-state index >= 15 is 0 Å². The molecule has 0 bridgehead atoms. The van der Waals surface area contributed by atoms with Crippen LogP contribution in [0.3, 0.4) is 0 Å². The molecule has 0 radical (unpaired) electrons. The lowest BCUT2D eigenvalue weighted by Crippen LogP contribution is -2.25. The molecule has 4 rings (SSSR count). The van der Waals surface area contributed by atoms with Gasteiger partial charge in [-0.2, -0.15) is 5.10 Å². The minimum absolute atomic E-state index is 0.0112. The van der Waals surface area contributed by atoms with E-state index in [0.717, 1.165) is 0 Å². The maximum Gasteiger partial charge on any atom is 0.359 e. The summed E-state index contributed by atoms with van der Waals surface area (Å²) in [5.74, 6) is 0.0706. The highest BCUT2D eigenvalue weighted by Crippen LogP contribution is 2.24. The van der Waals surface area contributed by atoms with Gasteiger partial charge in [-0.1, -0.05) is 18.2 Å². The van der Waals surface area contributed by atoms with Crippen LogP contribution in [0.4, 0.5) is 0 Å². The molecule has 8 heteroatoms. The number of aryl methyl sites for hydroxylation is 1. The Hall–Kier alpha value is -3.26. The molecule has 3 heterocycles. The van der Waals surface area contributed by atoms with Gasteiger partial charge in [-0.05, 0) is 25.1 Å². The molecule has 0 N–H and O–H groups in total. The van der Waals surface area contributed by atoms with E-state index in [0.29, 0.717) is 33.8 Å². The summed E-state index contributed by atoms with van der Waals surface area (Å²) in [6.07, 6.45) is 1.58. The zero-order chi connectivity index (χ0) is 18.8. The third-order valence-electron chi connectivity index (χ3n) is 4.00. The van der Waals surface area contributed by atoms with Crippen molar-refractivity contribution in [3.63, 3.8) is 0 Å². The third kappa shape index (κ3) is 3.26. The lowest BCUT2D eigenvalue weighted by atomic mass is 10.1. The second-order valence-corrected chi connectivity index (χ2v) is 6.57. The Bertz CT molecular complexity index is 1160. The number of thiazole rings is 1. The molecule has 1 aromatic carbocycles. The molecule has 27 heavy (non-hydrogen) atoms. The van der Waals surface area contributed by atoms with E-state index in [1.54, 1.807) is 43.5 Å². The van der Waals surface area contributed by atoms with Crippen molar-refractivity contribution >= 4 is 28.1 Å². The third-order valence-corrected chi connectivity index (χ3v) is 4.90. The Balaban J connectivity index is 1.59. The molecule has 7 nitrogen and oxygen atoms in total. The summed E-state index contributed by atoms with van der Waals surface area (Å²) in [5, 5.41) is 7.62. The van der Waals surface area contributed by atoms with Crippen molar-refractivity contribution in [3.05, 3.63) is 69.8 Å². The van der Waals surface area contributed by atoms with Gasteiger partial charge in [-0.15, -0.1) is 11.3 Å². The molecule has 0 fully saturated rings. The van der Waals surface area contributed by atoms with Crippen LogP contribution in [0.2, 0.25) is 0 Å². The maximum absolute atomic E-state index is 12.6. The molecule has 0 aliphatic carbocycles. The Morgan fingerprint density at radius 1 is 1.22 bits per heavy atom. The van der Waals surface area contributed by atoms with Crippen molar-refractivity contribution < 1.29 is 13.9 Å². The van der Waals surface area contributed by atoms with Gasteiger partial charge in [0.15, 0.2) is 16.5 Å². The number of benzene rings is 1. The minimum Gasteiger partial charge on any atom is -0.462 e. The summed E-state index contributed by atoms with van der Waals surface area (Å²) < 4.78 is 12.0. The Morgan fingerprint density at radius 2 is 2.04 bits per heavy atom. The second-order valence-electron chi connectivity index (χ2n) is 5.71.